The van der Waals surface area contributed by atoms with Crippen LogP contribution in [0.4, 0.5) is 5.95 Å². The van der Waals surface area contributed by atoms with E-state index in [0.717, 1.165) is 38.5 Å². The maximum absolute atomic E-state index is 10.3. The van der Waals surface area contributed by atoms with Crippen molar-refractivity contribution in [2.24, 2.45) is 0 Å². The number of aliphatic hydroxyl groups is 1. The zero-order chi connectivity index (χ0) is 24.4. The van der Waals surface area contributed by atoms with Crippen molar-refractivity contribution in [3.05, 3.63) is 83.3 Å². The molecule has 0 radical (unpaired) electrons. The van der Waals surface area contributed by atoms with E-state index < -0.39 is 5.60 Å². The van der Waals surface area contributed by atoms with Crippen molar-refractivity contribution in [1.29, 1.82) is 0 Å². The summed E-state index contributed by atoms with van der Waals surface area (Å²) in [4.78, 5) is 14.1. The Labute approximate surface area is 207 Å². The van der Waals surface area contributed by atoms with Crippen LogP contribution in [-0.2, 0) is 18.7 Å². The monoisotopic (exact) mass is 486 g/mol. The summed E-state index contributed by atoms with van der Waals surface area (Å²) >= 11 is 1.61. The van der Waals surface area contributed by atoms with E-state index in [-0.39, 0.29) is 0 Å². The number of benzene rings is 1. The Morgan fingerprint density at radius 2 is 1.89 bits per heavy atom. The van der Waals surface area contributed by atoms with Gasteiger partial charge in [0.1, 0.15) is 11.4 Å². The number of ether oxygens (including phenoxy) is 1. The van der Waals surface area contributed by atoms with Crippen molar-refractivity contribution in [3.8, 4) is 17.0 Å². The average molecular weight is 487 g/mol. The summed E-state index contributed by atoms with van der Waals surface area (Å²) in [6.07, 6.45) is 3.78. The third-order valence-electron chi connectivity index (χ3n) is 5.58. The number of aromatic nitrogens is 5. The van der Waals surface area contributed by atoms with Crippen LogP contribution in [-0.4, -0.2) is 36.9 Å². The standard InChI is InChI=1S/C26H26N6O2S/c1-26(2,33)22-6-4-5-19(29-22)16-32-15-18(14-28-32)23-24-21(11-12-35-24)30-25(31-23)27-13-17-7-9-20(34-3)10-8-17/h4-12,14-15,33H,13,16H2,1-3H3,(H,27,30,31). The molecule has 0 fully saturated rings. The van der Waals surface area contributed by atoms with Crippen molar-refractivity contribution in [2.45, 2.75) is 32.5 Å². The normalized spacial score (nSPS) is 11.7. The van der Waals surface area contributed by atoms with Gasteiger partial charge in [0.2, 0.25) is 5.95 Å². The molecular weight excluding hydrogens is 460 g/mol. The van der Waals surface area contributed by atoms with Crippen LogP contribution in [0.1, 0.15) is 30.8 Å². The Hall–Kier alpha value is -3.82. The number of anilines is 1. The van der Waals surface area contributed by atoms with Gasteiger partial charge in [0.15, 0.2) is 0 Å². The maximum atomic E-state index is 10.3. The van der Waals surface area contributed by atoms with Gasteiger partial charge in [-0.05, 0) is 55.1 Å². The quantitative estimate of drug-likeness (QED) is 0.324. The van der Waals surface area contributed by atoms with Crippen molar-refractivity contribution in [1.82, 2.24) is 24.7 Å². The minimum atomic E-state index is -0.994. The molecule has 35 heavy (non-hydrogen) atoms. The van der Waals surface area contributed by atoms with Crippen LogP contribution in [0.5, 0.6) is 5.75 Å². The fraction of sp³-hybridized carbons (Fsp3) is 0.231. The molecule has 0 aliphatic rings. The van der Waals surface area contributed by atoms with Crippen molar-refractivity contribution in [2.75, 3.05) is 12.4 Å². The molecule has 0 unspecified atom stereocenters. The number of pyridine rings is 1. The summed E-state index contributed by atoms with van der Waals surface area (Å²) in [5, 5.41) is 20.2. The van der Waals surface area contributed by atoms with Gasteiger partial charge in [-0.2, -0.15) is 5.10 Å². The SMILES string of the molecule is COc1ccc(CNc2nc(-c3cnn(Cc4cccc(C(C)(C)O)n4)c3)c3sccc3n2)cc1. The first-order chi connectivity index (χ1) is 16.9. The topological polar surface area (TPSA) is 98.0 Å². The molecule has 0 spiro atoms. The van der Waals surface area contributed by atoms with Gasteiger partial charge in [-0.25, -0.2) is 9.97 Å². The van der Waals surface area contributed by atoms with Gasteiger partial charge in [-0.1, -0.05) is 18.2 Å². The first-order valence-corrected chi connectivity index (χ1v) is 12.1. The molecule has 4 aromatic heterocycles. The Morgan fingerprint density at radius 3 is 2.66 bits per heavy atom. The Balaban J connectivity index is 1.38. The van der Waals surface area contributed by atoms with Crippen LogP contribution in [0, 0.1) is 0 Å². The Bertz CT molecular complexity index is 1450. The largest absolute Gasteiger partial charge is 0.497 e. The van der Waals surface area contributed by atoms with Crippen LogP contribution >= 0.6 is 11.3 Å². The van der Waals surface area contributed by atoms with Crippen LogP contribution in [0.15, 0.2) is 66.3 Å². The molecule has 0 amide bonds. The molecule has 178 valence electrons. The number of nitrogens with one attached hydrogen (secondary N) is 1. The lowest BCUT2D eigenvalue weighted by Gasteiger charge is -2.17. The Kier molecular flexibility index (Phi) is 6.19. The summed E-state index contributed by atoms with van der Waals surface area (Å²) in [7, 11) is 1.66. The fourth-order valence-corrected chi connectivity index (χ4v) is 4.55. The first kappa shape index (κ1) is 22.9. The summed E-state index contributed by atoms with van der Waals surface area (Å²) in [5.41, 5.74) is 4.21. The van der Waals surface area contributed by atoms with Gasteiger partial charge in [0.05, 0.1) is 47.1 Å². The number of hydrogen-bond acceptors (Lipinski definition) is 8. The molecular formula is C26H26N6O2S. The predicted molar refractivity (Wildman–Crippen MR) is 138 cm³/mol. The highest BCUT2D eigenvalue weighted by Crippen LogP contribution is 2.31. The molecule has 0 saturated carbocycles. The summed E-state index contributed by atoms with van der Waals surface area (Å²) < 4.78 is 8.08. The smallest absolute Gasteiger partial charge is 0.224 e. The zero-order valence-electron chi connectivity index (χ0n) is 19.8. The lowest BCUT2D eigenvalue weighted by Crippen LogP contribution is -2.18. The van der Waals surface area contributed by atoms with Gasteiger partial charge in [-0.15, -0.1) is 11.3 Å². The third-order valence-corrected chi connectivity index (χ3v) is 6.49. The van der Waals surface area contributed by atoms with Crippen LogP contribution in [0.2, 0.25) is 0 Å². The van der Waals surface area contributed by atoms with Crippen LogP contribution < -0.4 is 10.1 Å². The second-order valence-corrected chi connectivity index (χ2v) is 9.65. The molecule has 8 nitrogen and oxygen atoms in total. The van der Waals surface area contributed by atoms with E-state index in [1.165, 1.54) is 0 Å². The summed E-state index contributed by atoms with van der Waals surface area (Å²) in [5.74, 6) is 1.39. The number of thiophene rings is 1. The number of nitrogens with zero attached hydrogens (tertiary/aromatic N) is 5. The molecule has 5 aromatic rings. The third kappa shape index (κ3) is 5.16. The fourth-order valence-electron chi connectivity index (χ4n) is 3.71. The second kappa shape index (κ2) is 9.44. The molecule has 1 aromatic carbocycles. The van der Waals surface area contributed by atoms with Gasteiger partial charge in [-0.3, -0.25) is 9.67 Å². The van der Waals surface area contributed by atoms with Crippen molar-refractivity contribution in [3.63, 3.8) is 0 Å². The number of fused-ring (bicyclic) bond motifs is 1. The van der Waals surface area contributed by atoms with E-state index in [4.69, 9.17) is 9.72 Å². The highest BCUT2D eigenvalue weighted by atomic mass is 32.1. The first-order valence-electron chi connectivity index (χ1n) is 11.2. The summed E-state index contributed by atoms with van der Waals surface area (Å²) in [6.45, 7) is 4.55. The van der Waals surface area contributed by atoms with E-state index in [1.54, 1.807) is 32.3 Å². The molecule has 0 saturated heterocycles. The van der Waals surface area contributed by atoms with Crippen molar-refractivity contribution < 1.29 is 9.84 Å². The minimum absolute atomic E-state index is 0.491. The number of methoxy groups -OCH3 is 1. The highest BCUT2D eigenvalue weighted by Gasteiger charge is 2.18. The zero-order valence-corrected chi connectivity index (χ0v) is 20.6. The molecule has 9 heteroatoms. The van der Waals surface area contributed by atoms with E-state index in [0.29, 0.717) is 24.7 Å². The predicted octanol–water partition coefficient (Wildman–Crippen LogP) is 4.85. The minimum Gasteiger partial charge on any atom is -0.497 e. The van der Waals surface area contributed by atoms with Gasteiger partial charge < -0.3 is 15.2 Å². The number of rotatable bonds is 8. The van der Waals surface area contributed by atoms with Gasteiger partial charge >= 0.3 is 0 Å². The van der Waals surface area contributed by atoms with Crippen LogP contribution in [0.3, 0.4) is 0 Å². The van der Waals surface area contributed by atoms with Crippen LogP contribution in [0.25, 0.3) is 21.5 Å². The molecule has 0 atom stereocenters. The van der Waals surface area contributed by atoms with E-state index in [2.05, 4.69) is 20.4 Å². The molecule has 0 bridgehead atoms. The number of hydrogen-bond donors (Lipinski definition) is 2. The second-order valence-electron chi connectivity index (χ2n) is 8.73. The van der Waals surface area contributed by atoms with E-state index in [1.807, 2.05) is 71.0 Å². The Morgan fingerprint density at radius 1 is 1.06 bits per heavy atom. The molecule has 0 aliphatic heterocycles. The molecule has 2 N–H and O–H groups in total. The maximum Gasteiger partial charge on any atom is 0.224 e. The van der Waals surface area contributed by atoms with E-state index >= 15 is 0 Å². The highest BCUT2D eigenvalue weighted by molar-refractivity contribution is 7.17. The van der Waals surface area contributed by atoms with Gasteiger partial charge in [0, 0.05) is 18.3 Å². The molecule has 5 rings (SSSR count). The lowest BCUT2D eigenvalue weighted by atomic mass is 10.0. The molecule has 4 heterocycles. The lowest BCUT2D eigenvalue weighted by molar-refractivity contribution is 0.0736. The average Bonchev–Trinajstić information content (AvgIpc) is 3.52. The molecule has 0 aliphatic carbocycles. The van der Waals surface area contributed by atoms with Gasteiger partial charge in [0.25, 0.3) is 0 Å². The van der Waals surface area contributed by atoms with E-state index in [9.17, 15) is 5.11 Å². The summed E-state index contributed by atoms with van der Waals surface area (Å²) in [6, 6.07) is 15.6. The van der Waals surface area contributed by atoms with Crippen molar-refractivity contribution >= 4 is 27.5 Å².